The molecule has 176 valence electrons. The van der Waals surface area contributed by atoms with Crippen LogP contribution in [0.1, 0.15) is 44.6 Å². The van der Waals surface area contributed by atoms with Crippen molar-refractivity contribution in [3.63, 3.8) is 0 Å². The van der Waals surface area contributed by atoms with Crippen molar-refractivity contribution in [2.45, 2.75) is 45.6 Å². The van der Waals surface area contributed by atoms with Gasteiger partial charge < -0.3 is 19.5 Å². The molecule has 0 aliphatic carbocycles. The van der Waals surface area contributed by atoms with Crippen LogP contribution in [0.3, 0.4) is 0 Å². The molecule has 0 aliphatic heterocycles. The van der Waals surface area contributed by atoms with Gasteiger partial charge in [-0.15, -0.1) is 0 Å². The van der Waals surface area contributed by atoms with Gasteiger partial charge in [0.2, 0.25) is 0 Å². The molecule has 3 rings (SSSR count). The quantitative estimate of drug-likeness (QED) is 0.277. The smallest absolute Gasteiger partial charge is 0.305 e. The summed E-state index contributed by atoms with van der Waals surface area (Å²) < 4.78 is 29.6. The molecule has 3 aromatic rings. The number of rotatable bonds is 13. The largest absolute Gasteiger partial charge is 0.493 e. The molecule has 1 N–H and O–H groups in total. The maximum atomic E-state index is 13.1. The highest BCUT2D eigenvalue weighted by Gasteiger charge is 2.12. The molecule has 0 amide bonds. The minimum absolute atomic E-state index is 0.138. The van der Waals surface area contributed by atoms with Crippen LogP contribution in [0.15, 0.2) is 42.7 Å². The van der Waals surface area contributed by atoms with Gasteiger partial charge >= 0.3 is 5.97 Å². The van der Waals surface area contributed by atoms with Gasteiger partial charge in [-0.2, -0.15) is 0 Å². The molecular formula is C25H30FN3O4. The van der Waals surface area contributed by atoms with Crippen molar-refractivity contribution >= 4 is 22.7 Å². The molecule has 0 aliphatic rings. The first-order valence-corrected chi connectivity index (χ1v) is 11.2. The summed E-state index contributed by atoms with van der Waals surface area (Å²) in [6.45, 7) is 3.27. The lowest BCUT2D eigenvalue weighted by Crippen LogP contribution is -2.04. The summed E-state index contributed by atoms with van der Waals surface area (Å²) in [5, 5.41) is 4.10. The first kappa shape index (κ1) is 24.2. The van der Waals surface area contributed by atoms with Crippen molar-refractivity contribution in [2.24, 2.45) is 0 Å². The Balaban J connectivity index is 1.58. The molecule has 0 spiro atoms. The van der Waals surface area contributed by atoms with Crippen molar-refractivity contribution in [1.82, 2.24) is 9.97 Å². The Bertz CT molecular complexity index is 1040. The summed E-state index contributed by atoms with van der Waals surface area (Å²) in [5.74, 6) is 1.49. The third-order valence-electron chi connectivity index (χ3n) is 5.13. The van der Waals surface area contributed by atoms with Gasteiger partial charge in [-0.25, -0.2) is 14.4 Å². The number of nitrogens with one attached hydrogen (secondary N) is 1. The highest BCUT2D eigenvalue weighted by atomic mass is 19.1. The van der Waals surface area contributed by atoms with E-state index in [1.165, 1.54) is 18.5 Å². The van der Waals surface area contributed by atoms with E-state index in [0.29, 0.717) is 43.5 Å². The maximum Gasteiger partial charge on any atom is 0.305 e. The number of halogens is 1. The Kier molecular flexibility index (Phi) is 9.23. The van der Waals surface area contributed by atoms with Crippen LogP contribution >= 0.6 is 0 Å². The Morgan fingerprint density at radius 3 is 2.58 bits per heavy atom. The van der Waals surface area contributed by atoms with Crippen LogP contribution in [0.5, 0.6) is 11.5 Å². The van der Waals surface area contributed by atoms with Crippen molar-refractivity contribution in [1.29, 1.82) is 0 Å². The van der Waals surface area contributed by atoms with E-state index < -0.39 is 0 Å². The zero-order chi connectivity index (χ0) is 23.5. The van der Waals surface area contributed by atoms with Gasteiger partial charge in [0.1, 0.15) is 18.0 Å². The van der Waals surface area contributed by atoms with Gasteiger partial charge in [0, 0.05) is 24.4 Å². The minimum Gasteiger partial charge on any atom is -0.493 e. The number of benzene rings is 2. The first-order valence-electron chi connectivity index (χ1n) is 11.2. The average molecular weight is 456 g/mol. The monoisotopic (exact) mass is 455 g/mol. The topological polar surface area (TPSA) is 82.6 Å². The van der Waals surface area contributed by atoms with Gasteiger partial charge in [-0.1, -0.05) is 25.0 Å². The van der Waals surface area contributed by atoms with Crippen LogP contribution < -0.4 is 14.8 Å². The Hall–Kier alpha value is -3.42. The van der Waals surface area contributed by atoms with E-state index >= 15 is 0 Å². The van der Waals surface area contributed by atoms with E-state index in [2.05, 4.69) is 15.3 Å². The average Bonchev–Trinajstić information content (AvgIpc) is 2.82. The summed E-state index contributed by atoms with van der Waals surface area (Å²) in [6.07, 6.45) is 5.54. The molecule has 0 bridgehead atoms. The molecular weight excluding hydrogens is 425 g/mol. The summed E-state index contributed by atoms with van der Waals surface area (Å²) in [4.78, 5) is 20.1. The molecule has 7 nitrogen and oxygen atoms in total. The molecule has 0 radical (unpaired) electrons. The summed E-state index contributed by atoms with van der Waals surface area (Å²) in [7, 11) is 1.60. The fourth-order valence-corrected chi connectivity index (χ4v) is 3.41. The van der Waals surface area contributed by atoms with E-state index in [4.69, 9.17) is 14.2 Å². The molecule has 0 fully saturated rings. The van der Waals surface area contributed by atoms with Crippen molar-refractivity contribution in [3.8, 4) is 11.5 Å². The minimum atomic E-state index is -0.265. The molecule has 33 heavy (non-hydrogen) atoms. The lowest BCUT2D eigenvalue weighted by Gasteiger charge is -2.14. The Morgan fingerprint density at radius 1 is 1.03 bits per heavy atom. The van der Waals surface area contributed by atoms with Gasteiger partial charge in [0.15, 0.2) is 11.5 Å². The van der Waals surface area contributed by atoms with E-state index in [0.717, 1.165) is 42.1 Å². The Morgan fingerprint density at radius 2 is 1.82 bits per heavy atom. The highest BCUT2D eigenvalue weighted by Crippen LogP contribution is 2.34. The zero-order valence-corrected chi connectivity index (χ0v) is 19.1. The van der Waals surface area contributed by atoms with Crippen LogP contribution in [-0.4, -0.2) is 36.3 Å². The normalized spacial score (nSPS) is 10.8. The number of carbonyl (C=O) groups is 1. The summed E-state index contributed by atoms with van der Waals surface area (Å²) in [5.41, 5.74) is 1.67. The van der Waals surface area contributed by atoms with Crippen molar-refractivity contribution in [2.75, 3.05) is 25.6 Å². The molecule has 0 saturated carbocycles. The highest BCUT2D eigenvalue weighted by molar-refractivity contribution is 5.91. The van der Waals surface area contributed by atoms with E-state index in [1.54, 1.807) is 19.2 Å². The van der Waals surface area contributed by atoms with Crippen LogP contribution in [0.4, 0.5) is 10.2 Å². The lowest BCUT2D eigenvalue weighted by molar-refractivity contribution is -0.143. The number of unbranched alkanes of at least 4 members (excludes halogenated alkanes) is 3. The number of hydrogen-bond donors (Lipinski definition) is 1. The zero-order valence-electron chi connectivity index (χ0n) is 19.1. The van der Waals surface area contributed by atoms with Crippen molar-refractivity contribution in [3.05, 3.63) is 54.1 Å². The molecule has 0 saturated heterocycles. The Labute approximate surface area is 193 Å². The number of esters is 1. The second-order valence-electron chi connectivity index (χ2n) is 7.54. The second kappa shape index (κ2) is 12.6. The third kappa shape index (κ3) is 7.30. The molecule has 8 heteroatoms. The number of methoxy groups -OCH3 is 1. The molecule has 1 heterocycles. The molecule has 0 unspecified atom stereocenters. The van der Waals surface area contributed by atoms with Gasteiger partial charge in [0.05, 0.1) is 25.8 Å². The molecule has 2 aromatic carbocycles. The van der Waals surface area contributed by atoms with Gasteiger partial charge in [0.25, 0.3) is 0 Å². The maximum absolute atomic E-state index is 13.1. The number of aromatic nitrogens is 2. The third-order valence-corrected chi connectivity index (χ3v) is 5.13. The fraction of sp³-hybridized carbons (Fsp3) is 0.400. The SMILES string of the molecule is CCOC(=O)CCCCCCOc1cc2c(NCc3ccc(F)cc3)ncnc2cc1OC. The van der Waals surface area contributed by atoms with E-state index in [-0.39, 0.29) is 11.8 Å². The van der Waals surface area contributed by atoms with E-state index in [1.807, 2.05) is 19.1 Å². The number of fused-ring (bicyclic) bond motifs is 1. The van der Waals surface area contributed by atoms with Crippen LogP contribution in [0.25, 0.3) is 10.9 Å². The van der Waals surface area contributed by atoms with Gasteiger partial charge in [-0.05, 0) is 43.5 Å². The van der Waals surface area contributed by atoms with Crippen LogP contribution in [0, 0.1) is 5.82 Å². The standard InChI is InChI=1S/C25H30FN3O4/c1-3-32-24(30)8-6-4-5-7-13-33-23-14-20-21(15-22(23)31-2)28-17-29-25(20)27-16-18-9-11-19(26)12-10-18/h9-12,14-15,17H,3-8,13,16H2,1-2H3,(H,27,28,29). The lowest BCUT2D eigenvalue weighted by atomic mass is 10.1. The van der Waals surface area contributed by atoms with Gasteiger partial charge in [-0.3, -0.25) is 4.79 Å². The first-order chi connectivity index (χ1) is 16.1. The second-order valence-corrected chi connectivity index (χ2v) is 7.54. The number of anilines is 1. The van der Waals surface area contributed by atoms with Crippen LogP contribution in [0.2, 0.25) is 0 Å². The predicted molar refractivity (Wildman–Crippen MR) is 125 cm³/mol. The number of ether oxygens (including phenoxy) is 3. The number of carbonyl (C=O) groups excluding carboxylic acids is 1. The van der Waals surface area contributed by atoms with E-state index in [9.17, 15) is 9.18 Å². The predicted octanol–water partition coefficient (Wildman–Crippen LogP) is 5.28. The molecule has 0 atom stereocenters. The number of nitrogens with zero attached hydrogens (tertiary/aromatic N) is 2. The van der Waals surface area contributed by atoms with Crippen molar-refractivity contribution < 1.29 is 23.4 Å². The summed E-state index contributed by atoms with van der Waals surface area (Å²) in [6, 6.07) is 10.0. The number of hydrogen-bond acceptors (Lipinski definition) is 7. The fourth-order valence-electron chi connectivity index (χ4n) is 3.41. The van der Waals surface area contributed by atoms with Crippen LogP contribution in [-0.2, 0) is 16.1 Å². The summed E-state index contributed by atoms with van der Waals surface area (Å²) >= 11 is 0. The molecule has 1 aromatic heterocycles.